The van der Waals surface area contributed by atoms with Gasteiger partial charge in [-0.3, -0.25) is 0 Å². The number of nitrogens with zero attached hydrogens (tertiary/aromatic N) is 2. The molecule has 0 bridgehead atoms. The van der Waals surface area contributed by atoms with Gasteiger partial charge in [0.1, 0.15) is 0 Å². The van der Waals surface area contributed by atoms with Crippen LogP contribution >= 0.6 is 15.9 Å². The van der Waals surface area contributed by atoms with Crippen molar-refractivity contribution in [2.24, 2.45) is 5.41 Å². The first kappa shape index (κ1) is 12.8. The maximum atomic E-state index is 3.71. The van der Waals surface area contributed by atoms with Crippen molar-refractivity contribution in [2.45, 2.75) is 38.1 Å². The lowest BCUT2D eigenvalue weighted by molar-refractivity contribution is 0.0600. The van der Waals surface area contributed by atoms with E-state index in [9.17, 15) is 0 Å². The Morgan fingerprint density at radius 3 is 2.38 bits per heavy atom. The average molecular weight is 289 g/mol. The first-order valence-corrected chi connectivity index (χ1v) is 7.72. The Kier molecular flexibility index (Phi) is 4.31. The van der Waals surface area contributed by atoms with Gasteiger partial charge in [0.25, 0.3) is 0 Å². The molecule has 0 aromatic heterocycles. The van der Waals surface area contributed by atoms with Crippen molar-refractivity contribution in [3.63, 3.8) is 0 Å². The van der Waals surface area contributed by atoms with Crippen LogP contribution in [-0.2, 0) is 0 Å². The summed E-state index contributed by atoms with van der Waals surface area (Å²) in [6.45, 7) is 3.85. The second-order valence-corrected chi connectivity index (χ2v) is 6.50. The van der Waals surface area contributed by atoms with E-state index < -0.39 is 0 Å². The van der Waals surface area contributed by atoms with Gasteiger partial charge in [-0.25, -0.2) is 0 Å². The molecular formula is C13H25BrN2. The molecule has 1 aliphatic carbocycles. The molecule has 0 unspecified atom stereocenters. The fourth-order valence-corrected chi connectivity index (χ4v) is 3.84. The van der Waals surface area contributed by atoms with Gasteiger partial charge in [0.05, 0.1) is 0 Å². The van der Waals surface area contributed by atoms with E-state index in [0.717, 1.165) is 6.04 Å². The zero-order valence-electron chi connectivity index (χ0n) is 10.7. The number of likely N-dealkylation sites (tertiary alicyclic amines) is 1. The lowest BCUT2D eigenvalue weighted by Crippen LogP contribution is -2.48. The van der Waals surface area contributed by atoms with E-state index in [1.54, 1.807) is 0 Å². The molecule has 16 heavy (non-hydrogen) atoms. The van der Waals surface area contributed by atoms with E-state index in [1.165, 1.54) is 57.1 Å². The van der Waals surface area contributed by atoms with Crippen molar-refractivity contribution >= 4 is 15.9 Å². The molecule has 3 heteroatoms. The fourth-order valence-electron chi connectivity index (χ4n) is 3.10. The Morgan fingerprint density at radius 2 is 1.94 bits per heavy atom. The van der Waals surface area contributed by atoms with E-state index in [0.29, 0.717) is 5.41 Å². The SMILES string of the molecule is CN1CCC(N(C)CC2(CBr)CCC2)CC1. The van der Waals surface area contributed by atoms with Crippen molar-refractivity contribution in [1.82, 2.24) is 9.80 Å². The molecule has 2 nitrogen and oxygen atoms in total. The number of hydrogen-bond acceptors (Lipinski definition) is 2. The monoisotopic (exact) mass is 288 g/mol. The van der Waals surface area contributed by atoms with E-state index >= 15 is 0 Å². The van der Waals surface area contributed by atoms with Gasteiger partial charge in [-0.2, -0.15) is 0 Å². The lowest BCUT2D eigenvalue weighted by Gasteiger charge is -2.46. The molecule has 2 fully saturated rings. The molecule has 0 aromatic carbocycles. The minimum atomic E-state index is 0.609. The quantitative estimate of drug-likeness (QED) is 0.734. The van der Waals surface area contributed by atoms with Crippen molar-refractivity contribution in [3.05, 3.63) is 0 Å². The van der Waals surface area contributed by atoms with Crippen molar-refractivity contribution < 1.29 is 0 Å². The second-order valence-electron chi connectivity index (χ2n) is 5.94. The number of alkyl halides is 1. The maximum Gasteiger partial charge on any atom is 0.0117 e. The predicted octanol–water partition coefficient (Wildman–Crippen LogP) is 2.58. The topological polar surface area (TPSA) is 6.48 Å². The molecule has 1 saturated heterocycles. The van der Waals surface area contributed by atoms with E-state index in [4.69, 9.17) is 0 Å². The molecule has 94 valence electrons. The molecule has 0 spiro atoms. The van der Waals surface area contributed by atoms with Crippen molar-refractivity contribution in [3.8, 4) is 0 Å². The summed E-state index contributed by atoms with van der Waals surface area (Å²) in [7, 11) is 4.57. The summed E-state index contributed by atoms with van der Waals surface area (Å²) >= 11 is 3.71. The summed E-state index contributed by atoms with van der Waals surface area (Å²) in [5.41, 5.74) is 0.609. The van der Waals surface area contributed by atoms with E-state index in [-0.39, 0.29) is 0 Å². The van der Waals surface area contributed by atoms with Crippen LogP contribution in [0.5, 0.6) is 0 Å². The van der Waals surface area contributed by atoms with Crippen LogP contribution < -0.4 is 0 Å². The number of halogens is 1. The molecule has 0 amide bonds. The van der Waals surface area contributed by atoms with Crippen LogP contribution in [0.25, 0.3) is 0 Å². The van der Waals surface area contributed by atoms with Crippen LogP contribution in [0.1, 0.15) is 32.1 Å². The zero-order valence-corrected chi connectivity index (χ0v) is 12.3. The van der Waals surface area contributed by atoms with Gasteiger partial charge < -0.3 is 9.80 Å². The Morgan fingerprint density at radius 1 is 1.31 bits per heavy atom. The molecule has 2 rings (SSSR count). The minimum absolute atomic E-state index is 0.609. The molecule has 1 aliphatic heterocycles. The fraction of sp³-hybridized carbons (Fsp3) is 1.00. The summed E-state index contributed by atoms with van der Waals surface area (Å²) in [6, 6.07) is 0.827. The average Bonchev–Trinajstić information content (AvgIpc) is 2.24. The van der Waals surface area contributed by atoms with Gasteiger partial charge >= 0.3 is 0 Å². The van der Waals surface area contributed by atoms with Crippen LogP contribution in [-0.4, -0.2) is 54.9 Å². The van der Waals surface area contributed by atoms with Gasteiger partial charge in [-0.1, -0.05) is 22.4 Å². The van der Waals surface area contributed by atoms with Crippen molar-refractivity contribution in [1.29, 1.82) is 0 Å². The van der Waals surface area contributed by atoms with Gasteiger partial charge in [-0.05, 0) is 58.3 Å². The van der Waals surface area contributed by atoms with Gasteiger partial charge in [0, 0.05) is 17.9 Å². The zero-order chi connectivity index (χ0) is 11.6. The summed E-state index contributed by atoms with van der Waals surface area (Å²) in [4.78, 5) is 5.08. The summed E-state index contributed by atoms with van der Waals surface area (Å²) in [6.07, 6.45) is 6.99. The van der Waals surface area contributed by atoms with Crippen LogP contribution in [0, 0.1) is 5.41 Å². The highest BCUT2D eigenvalue weighted by Gasteiger charge is 2.38. The summed E-state index contributed by atoms with van der Waals surface area (Å²) in [5.74, 6) is 0. The highest BCUT2D eigenvalue weighted by atomic mass is 79.9. The first-order valence-electron chi connectivity index (χ1n) is 6.60. The maximum absolute atomic E-state index is 3.71. The third-order valence-electron chi connectivity index (χ3n) is 4.59. The molecule has 0 radical (unpaired) electrons. The molecule has 0 atom stereocenters. The highest BCUT2D eigenvalue weighted by Crippen LogP contribution is 2.43. The third kappa shape index (κ3) is 2.80. The number of piperidine rings is 1. The molecular weight excluding hydrogens is 264 g/mol. The second kappa shape index (κ2) is 5.36. The molecule has 2 aliphatic rings. The van der Waals surface area contributed by atoms with Crippen LogP contribution in [0.4, 0.5) is 0 Å². The first-order chi connectivity index (χ1) is 7.65. The standard InChI is InChI=1S/C13H25BrN2/c1-15-8-4-12(5-9-15)16(2)11-13(10-14)6-3-7-13/h12H,3-11H2,1-2H3. The summed E-state index contributed by atoms with van der Waals surface area (Å²) < 4.78 is 0. The largest absolute Gasteiger partial charge is 0.306 e. The molecule has 1 heterocycles. The normalized spacial score (nSPS) is 27.0. The molecule has 1 saturated carbocycles. The van der Waals surface area contributed by atoms with Gasteiger partial charge in [-0.15, -0.1) is 0 Å². The molecule has 0 N–H and O–H groups in total. The predicted molar refractivity (Wildman–Crippen MR) is 73.2 cm³/mol. The minimum Gasteiger partial charge on any atom is -0.306 e. The highest BCUT2D eigenvalue weighted by molar-refractivity contribution is 9.09. The lowest BCUT2D eigenvalue weighted by atomic mass is 9.70. The third-order valence-corrected chi connectivity index (χ3v) is 5.78. The number of rotatable bonds is 4. The van der Waals surface area contributed by atoms with Gasteiger partial charge in [0.2, 0.25) is 0 Å². The Hall–Kier alpha value is 0.400. The molecule has 0 aromatic rings. The van der Waals surface area contributed by atoms with Crippen LogP contribution in [0.15, 0.2) is 0 Å². The Balaban J connectivity index is 1.81. The van der Waals surface area contributed by atoms with Crippen LogP contribution in [0.2, 0.25) is 0 Å². The van der Waals surface area contributed by atoms with Crippen molar-refractivity contribution in [2.75, 3.05) is 39.1 Å². The summed E-state index contributed by atoms with van der Waals surface area (Å²) in [5, 5.41) is 1.19. The van der Waals surface area contributed by atoms with E-state index in [1.807, 2.05) is 0 Å². The van der Waals surface area contributed by atoms with Gasteiger partial charge in [0.15, 0.2) is 0 Å². The van der Waals surface area contributed by atoms with Crippen LogP contribution in [0.3, 0.4) is 0 Å². The Bertz CT molecular complexity index is 214. The smallest absolute Gasteiger partial charge is 0.0117 e. The van der Waals surface area contributed by atoms with E-state index in [2.05, 4.69) is 39.8 Å². The number of hydrogen-bond donors (Lipinski definition) is 0. The Labute approximate surface area is 108 Å².